The van der Waals surface area contributed by atoms with Crippen molar-refractivity contribution in [2.45, 2.75) is 43.6 Å². The minimum atomic E-state index is -1.02. The lowest BCUT2D eigenvalue weighted by Crippen LogP contribution is -2.48. The maximum Gasteiger partial charge on any atom is 0.257 e. The first kappa shape index (κ1) is 21.9. The van der Waals surface area contributed by atoms with Crippen molar-refractivity contribution in [3.05, 3.63) is 42.4 Å². The number of hydrogen-bond donors (Lipinski definition) is 3. The fourth-order valence-electron chi connectivity index (χ4n) is 4.88. The topological polar surface area (TPSA) is 119 Å². The maximum absolute atomic E-state index is 13.7. The van der Waals surface area contributed by atoms with Gasteiger partial charge in [-0.25, -0.2) is 14.4 Å². The van der Waals surface area contributed by atoms with Crippen LogP contribution in [0.3, 0.4) is 0 Å². The quantitative estimate of drug-likeness (QED) is 0.402. The van der Waals surface area contributed by atoms with Crippen LogP contribution in [0.15, 0.2) is 36.8 Å². The van der Waals surface area contributed by atoms with E-state index in [0.29, 0.717) is 43.0 Å². The second kappa shape index (κ2) is 8.58. The molecule has 10 nitrogen and oxygen atoms in total. The van der Waals surface area contributed by atoms with Gasteiger partial charge in [-0.2, -0.15) is 9.61 Å². The highest BCUT2D eigenvalue weighted by Crippen LogP contribution is 2.35. The number of fused-ring (bicyclic) bond motifs is 2. The van der Waals surface area contributed by atoms with Gasteiger partial charge in [-0.1, -0.05) is 0 Å². The van der Waals surface area contributed by atoms with Gasteiger partial charge in [0.25, 0.3) is 5.91 Å². The lowest BCUT2D eigenvalue weighted by atomic mass is 9.90. The zero-order valence-electron chi connectivity index (χ0n) is 19.2. The number of carbonyl (C=O) groups is 1. The zero-order valence-corrected chi connectivity index (χ0v) is 19.2. The molecule has 1 amide bonds. The molecule has 35 heavy (non-hydrogen) atoms. The lowest BCUT2D eigenvalue weighted by molar-refractivity contribution is -0.0375. The molecule has 0 unspecified atom stereocenters. The first-order valence-electron chi connectivity index (χ1n) is 11.8. The Hall–Kier alpha value is -3.57. The second-order valence-electron chi connectivity index (χ2n) is 9.07. The highest BCUT2D eigenvalue weighted by molar-refractivity contribution is 6.01. The Morgan fingerprint density at radius 3 is 2.91 bits per heavy atom. The number of aliphatic hydroxyl groups excluding tert-OH is 1. The Bertz CT molecular complexity index is 1420. The summed E-state index contributed by atoms with van der Waals surface area (Å²) in [6.45, 7) is 0.836. The van der Waals surface area contributed by atoms with E-state index >= 15 is 0 Å². The van der Waals surface area contributed by atoms with E-state index in [-0.39, 0.29) is 18.2 Å². The molecular weight excluding hydrogens is 453 g/mol. The summed E-state index contributed by atoms with van der Waals surface area (Å²) >= 11 is 0. The molecule has 6 rings (SSSR count). The van der Waals surface area contributed by atoms with Gasteiger partial charge in [-0.05, 0) is 31.4 Å². The molecular formula is C24H26FN7O3. The number of amides is 1. The van der Waals surface area contributed by atoms with Crippen LogP contribution in [-0.4, -0.2) is 73.7 Å². The van der Waals surface area contributed by atoms with E-state index in [0.717, 1.165) is 16.6 Å². The Balaban J connectivity index is 1.47. The van der Waals surface area contributed by atoms with Crippen LogP contribution >= 0.6 is 0 Å². The number of aromatic nitrogens is 5. The lowest BCUT2D eigenvalue weighted by Gasteiger charge is -2.30. The molecule has 0 bridgehead atoms. The number of rotatable bonds is 5. The summed E-state index contributed by atoms with van der Waals surface area (Å²) < 4.78 is 22.7. The number of nitrogens with zero attached hydrogens (tertiary/aromatic N) is 5. The van der Waals surface area contributed by atoms with Crippen LogP contribution in [0.25, 0.3) is 27.9 Å². The first-order valence-corrected chi connectivity index (χ1v) is 11.8. The summed E-state index contributed by atoms with van der Waals surface area (Å²) in [5, 5.41) is 21.7. The van der Waals surface area contributed by atoms with Crippen molar-refractivity contribution in [2.75, 3.05) is 25.6 Å². The van der Waals surface area contributed by atoms with Gasteiger partial charge >= 0.3 is 0 Å². The average Bonchev–Trinajstić information content (AvgIpc) is 3.48. The molecule has 3 N–H and O–H groups in total. The third-order valence-corrected chi connectivity index (χ3v) is 6.99. The van der Waals surface area contributed by atoms with Crippen molar-refractivity contribution >= 4 is 28.4 Å². The minimum Gasteiger partial charge on any atom is -0.389 e. The number of anilines is 1. The number of alkyl halides is 1. The van der Waals surface area contributed by atoms with Gasteiger partial charge in [-0.3, -0.25) is 4.79 Å². The first-order chi connectivity index (χ1) is 17.0. The summed E-state index contributed by atoms with van der Waals surface area (Å²) in [7, 11) is 1.77. The molecule has 2 aliphatic rings. The largest absolute Gasteiger partial charge is 0.389 e. The van der Waals surface area contributed by atoms with Crippen LogP contribution in [0.4, 0.5) is 10.2 Å². The fourth-order valence-corrected chi connectivity index (χ4v) is 4.88. The van der Waals surface area contributed by atoms with Gasteiger partial charge in [0.2, 0.25) is 0 Å². The summed E-state index contributed by atoms with van der Waals surface area (Å²) in [5.74, 6) is 0.250. The zero-order chi connectivity index (χ0) is 24.1. The Morgan fingerprint density at radius 2 is 2.17 bits per heavy atom. The molecule has 1 saturated heterocycles. The Morgan fingerprint density at radius 1 is 1.29 bits per heavy atom. The minimum absolute atomic E-state index is 0.171. The van der Waals surface area contributed by atoms with E-state index < -0.39 is 24.2 Å². The van der Waals surface area contributed by atoms with Crippen LogP contribution in [0.5, 0.6) is 0 Å². The van der Waals surface area contributed by atoms with Crippen molar-refractivity contribution in [1.82, 2.24) is 29.5 Å². The van der Waals surface area contributed by atoms with Crippen molar-refractivity contribution in [3.8, 4) is 11.3 Å². The van der Waals surface area contributed by atoms with Crippen molar-refractivity contribution in [3.63, 3.8) is 0 Å². The molecule has 4 atom stereocenters. The number of pyridine rings is 1. The third kappa shape index (κ3) is 3.62. The molecule has 1 aliphatic heterocycles. The van der Waals surface area contributed by atoms with Crippen molar-refractivity contribution in [1.29, 1.82) is 0 Å². The predicted molar refractivity (Wildman–Crippen MR) is 127 cm³/mol. The molecule has 1 aliphatic carbocycles. The van der Waals surface area contributed by atoms with E-state index in [9.17, 15) is 14.3 Å². The van der Waals surface area contributed by atoms with Crippen LogP contribution in [-0.2, 0) is 4.74 Å². The van der Waals surface area contributed by atoms with Gasteiger partial charge < -0.3 is 25.0 Å². The van der Waals surface area contributed by atoms with Crippen molar-refractivity contribution in [2.24, 2.45) is 0 Å². The maximum atomic E-state index is 13.7. The summed E-state index contributed by atoms with van der Waals surface area (Å²) in [4.78, 5) is 22.3. The standard InChI is InChI=1S/C24H26FN7O3/c1-26-21-9-18(29-23-14(10-28-32(21)23)24(34)30-17-5-4-16(17)25)15-11-31(19-6-8-35-12-20(19)33)22-13(15)3-2-7-27-22/h2-3,7,9-11,16-17,19-20,26,33H,4-6,8,12H2,1H3,(H,30,34)/t16-,17-,19-,20-/m0/s1. The summed E-state index contributed by atoms with van der Waals surface area (Å²) in [5.41, 5.74) is 2.84. The van der Waals surface area contributed by atoms with Crippen molar-refractivity contribution < 1.29 is 19.0 Å². The smallest absolute Gasteiger partial charge is 0.257 e. The normalized spacial score (nSPS) is 24.4. The van der Waals surface area contributed by atoms with Gasteiger partial charge in [0.1, 0.15) is 23.2 Å². The van der Waals surface area contributed by atoms with E-state index in [2.05, 4.69) is 20.7 Å². The van der Waals surface area contributed by atoms with Crippen LogP contribution in [0.2, 0.25) is 0 Å². The van der Waals surface area contributed by atoms with Gasteiger partial charge in [0.05, 0.1) is 36.7 Å². The highest BCUT2D eigenvalue weighted by atomic mass is 19.1. The molecule has 4 aromatic rings. The molecule has 0 aromatic carbocycles. The molecule has 0 radical (unpaired) electrons. The highest BCUT2D eigenvalue weighted by Gasteiger charge is 2.33. The van der Waals surface area contributed by atoms with Crippen LogP contribution in [0.1, 0.15) is 35.7 Å². The molecule has 11 heteroatoms. The third-order valence-electron chi connectivity index (χ3n) is 6.99. The SMILES string of the molecule is CNc1cc(-c2cn([C@H]3CCOC[C@@H]3O)c3ncccc23)nc2c(C(=O)N[C@H]3CC[C@@H]3F)cnn12. The molecule has 1 saturated carbocycles. The molecule has 5 heterocycles. The molecule has 2 fully saturated rings. The van der Waals surface area contributed by atoms with Crippen LogP contribution < -0.4 is 10.6 Å². The molecule has 0 spiro atoms. The van der Waals surface area contributed by atoms with Crippen LogP contribution in [0, 0.1) is 0 Å². The number of carbonyl (C=O) groups excluding carboxylic acids is 1. The molecule has 182 valence electrons. The Kier molecular flexibility index (Phi) is 5.37. The monoisotopic (exact) mass is 479 g/mol. The second-order valence-corrected chi connectivity index (χ2v) is 9.07. The number of aliphatic hydroxyl groups is 1. The average molecular weight is 480 g/mol. The fraction of sp³-hybridized carbons (Fsp3) is 0.417. The van der Waals surface area contributed by atoms with E-state index in [4.69, 9.17) is 9.72 Å². The van der Waals surface area contributed by atoms with E-state index in [1.807, 2.05) is 29.0 Å². The predicted octanol–water partition coefficient (Wildman–Crippen LogP) is 2.34. The van der Waals surface area contributed by atoms with E-state index in [1.165, 1.54) is 6.20 Å². The molecule has 4 aromatic heterocycles. The number of nitrogens with one attached hydrogen (secondary N) is 2. The number of halogens is 1. The Labute approximate surface area is 200 Å². The van der Waals surface area contributed by atoms with E-state index in [1.54, 1.807) is 17.8 Å². The van der Waals surface area contributed by atoms with Gasteiger partial charge in [-0.15, -0.1) is 0 Å². The van der Waals surface area contributed by atoms with Gasteiger partial charge in [0, 0.05) is 43.1 Å². The number of ether oxygens (including phenoxy) is 1. The summed E-state index contributed by atoms with van der Waals surface area (Å²) in [6.07, 6.45) is 5.22. The number of hydrogen-bond acceptors (Lipinski definition) is 7. The summed E-state index contributed by atoms with van der Waals surface area (Å²) in [6, 6.07) is 5.04. The van der Waals surface area contributed by atoms with Gasteiger partial charge in [0.15, 0.2) is 5.65 Å².